The quantitative estimate of drug-likeness (QED) is 0.489. The number of nitrogens with zero attached hydrogens (tertiary/aromatic N) is 1. The molecule has 4 nitrogen and oxygen atoms in total. The van der Waals surface area contributed by atoms with Crippen molar-refractivity contribution in [3.63, 3.8) is 0 Å². The molecule has 28 heavy (non-hydrogen) atoms. The van der Waals surface area contributed by atoms with E-state index in [4.69, 9.17) is 11.6 Å². The molecular formula is C23H18ClN3O. The van der Waals surface area contributed by atoms with Crippen LogP contribution in [0.25, 0.3) is 22.8 Å². The second-order valence-electron chi connectivity index (χ2n) is 6.50. The van der Waals surface area contributed by atoms with Gasteiger partial charge in [0.1, 0.15) is 0 Å². The standard InChI is InChI=1S/C23H18ClN3O/c1-15-10-12-16(13-11-15)23(28)27-21(14-17-6-2-3-7-18(17)24)22-25-19-8-4-5-9-20(19)26-22/h2-14H,1H3,(H,25,26)(H,27,28). The third-order valence-corrected chi connectivity index (χ3v) is 4.76. The van der Waals surface area contributed by atoms with E-state index in [1.807, 2.05) is 73.7 Å². The molecule has 138 valence electrons. The molecule has 0 aliphatic rings. The van der Waals surface area contributed by atoms with Crippen molar-refractivity contribution in [1.29, 1.82) is 0 Å². The summed E-state index contributed by atoms with van der Waals surface area (Å²) in [5.41, 5.74) is 4.74. The number of amides is 1. The van der Waals surface area contributed by atoms with Crippen LogP contribution in [0.2, 0.25) is 5.02 Å². The molecule has 3 aromatic carbocycles. The number of halogens is 1. The van der Waals surface area contributed by atoms with Crippen LogP contribution in [-0.4, -0.2) is 15.9 Å². The summed E-state index contributed by atoms with van der Waals surface area (Å²) in [5, 5.41) is 3.57. The number of benzene rings is 3. The molecule has 1 aromatic heterocycles. The molecule has 0 saturated carbocycles. The van der Waals surface area contributed by atoms with Gasteiger partial charge in [0, 0.05) is 10.6 Å². The lowest BCUT2D eigenvalue weighted by Crippen LogP contribution is -2.22. The van der Waals surface area contributed by atoms with Crippen molar-refractivity contribution in [2.24, 2.45) is 0 Å². The van der Waals surface area contributed by atoms with E-state index in [0.717, 1.165) is 22.2 Å². The van der Waals surface area contributed by atoms with Crippen LogP contribution in [0.15, 0.2) is 72.8 Å². The molecule has 0 bridgehead atoms. The van der Waals surface area contributed by atoms with Crippen LogP contribution in [0.1, 0.15) is 27.3 Å². The lowest BCUT2D eigenvalue weighted by molar-refractivity contribution is 0.0973. The number of para-hydroxylation sites is 2. The van der Waals surface area contributed by atoms with Crippen LogP contribution in [0.4, 0.5) is 0 Å². The Morgan fingerprint density at radius 3 is 2.46 bits per heavy atom. The average molecular weight is 388 g/mol. The minimum Gasteiger partial charge on any atom is -0.337 e. The van der Waals surface area contributed by atoms with Crippen LogP contribution in [0.3, 0.4) is 0 Å². The predicted molar refractivity (Wildman–Crippen MR) is 114 cm³/mol. The highest BCUT2D eigenvalue weighted by Gasteiger charge is 2.14. The molecule has 0 saturated heterocycles. The van der Waals surface area contributed by atoms with Crippen molar-refractivity contribution in [3.8, 4) is 0 Å². The van der Waals surface area contributed by atoms with Crippen molar-refractivity contribution in [2.75, 3.05) is 0 Å². The number of carbonyl (C=O) groups excluding carboxylic acids is 1. The Hall–Kier alpha value is -3.37. The van der Waals surface area contributed by atoms with Gasteiger partial charge in [0.05, 0.1) is 16.7 Å². The van der Waals surface area contributed by atoms with E-state index in [1.165, 1.54) is 0 Å². The first-order chi connectivity index (χ1) is 13.6. The number of aromatic nitrogens is 2. The molecule has 0 radical (unpaired) electrons. The van der Waals surface area contributed by atoms with Gasteiger partial charge < -0.3 is 10.3 Å². The highest BCUT2D eigenvalue weighted by molar-refractivity contribution is 6.32. The van der Waals surface area contributed by atoms with E-state index < -0.39 is 0 Å². The number of nitrogens with one attached hydrogen (secondary N) is 2. The maximum Gasteiger partial charge on any atom is 0.255 e. The first kappa shape index (κ1) is 18.0. The molecule has 5 heteroatoms. The molecule has 2 N–H and O–H groups in total. The normalized spacial score (nSPS) is 11.6. The van der Waals surface area contributed by atoms with Gasteiger partial charge in [-0.25, -0.2) is 4.98 Å². The fourth-order valence-electron chi connectivity index (χ4n) is 2.89. The van der Waals surface area contributed by atoms with E-state index in [1.54, 1.807) is 12.1 Å². The van der Waals surface area contributed by atoms with E-state index in [0.29, 0.717) is 22.1 Å². The number of imidazole rings is 1. The molecule has 1 amide bonds. The summed E-state index contributed by atoms with van der Waals surface area (Å²) < 4.78 is 0. The summed E-state index contributed by atoms with van der Waals surface area (Å²) in [6, 6.07) is 22.6. The fourth-order valence-corrected chi connectivity index (χ4v) is 3.08. The third-order valence-electron chi connectivity index (χ3n) is 4.41. The Morgan fingerprint density at radius 2 is 1.71 bits per heavy atom. The third kappa shape index (κ3) is 3.82. The van der Waals surface area contributed by atoms with Gasteiger partial charge >= 0.3 is 0 Å². The van der Waals surface area contributed by atoms with Gasteiger partial charge in [-0.05, 0) is 48.9 Å². The number of H-pyrrole nitrogens is 1. The first-order valence-corrected chi connectivity index (χ1v) is 9.27. The Balaban J connectivity index is 1.76. The van der Waals surface area contributed by atoms with Crippen LogP contribution in [-0.2, 0) is 0 Å². The molecular weight excluding hydrogens is 370 g/mol. The van der Waals surface area contributed by atoms with Crippen molar-refractivity contribution in [2.45, 2.75) is 6.92 Å². The monoisotopic (exact) mass is 387 g/mol. The topological polar surface area (TPSA) is 57.8 Å². The first-order valence-electron chi connectivity index (χ1n) is 8.89. The van der Waals surface area contributed by atoms with Gasteiger partial charge in [-0.2, -0.15) is 0 Å². The van der Waals surface area contributed by atoms with Crippen LogP contribution >= 0.6 is 11.6 Å². The summed E-state index contributed by atoms with van der Waals surface area (Å²) in [7, 11) is 0. The Morgan fingerprint density at radius 1 is 1.00 bits per heavy atom. The molecule has 1 heterocycles. The minimum atomic E-state index is -0.209. The smallest absolute Gasteiger partial charge is 0.255 e. The van der Waals surface area contributed by atoms with Gasteiger partial charge in [-0.1, -0.05) is 59.6 Å². The van der Waals surface area contributed by atoms with E-state index in [9.17, 15) is 4.79 Å². The zero-order valence-corrected chi connectivity index (χ0v) is 16.0. The summed E-state index contributed by atoms with van der Waals surface area (Å²) >= 11 is 6.32. The van der Waals surface area contributed by atoms with Crippen molar-refractivity contribution >= 4 is 40.3 Å². The van der Waals surface area contributed by atoms with Gasteiger partial charge in [0.15, 0.2) is 5.82 Å². The second-order valence-corrected chi connectivity index (χ2v) is 6.91. The van der Waals surface area contributed by atoms with E-state index in [-0.39, 0.29) is 5.91 Å². The summed E-state index contributed by atoms with van der Waals surface area (Å²) in [4.78, 5) is 20.7. The van der Waals surface area contributed by atoms with Crippen LogP contribution in [0, 0.1) is 6.92 Å². The van der Waals surface area contributed by atoms with Crippen molar-refractivity contribution < 1.29 is 4.79 Å². The van der Waals surface area contributed by atoms with Crippen molar-refractivity contribution in [3.05, 3.63) is 100 Å². The largest absolute Gasteiger partial charge is 0.337 e. The SMILES string of the molecule is Cc1ccc(C(=O)NC(=Cc2ccccc2Cl)c2nc3ccccc3[nH]2)cc1. The predicted octanol–water partition coefficient (Wildman–Crippen LogP) is 5.45. The fraction of sp³-hybridized carbons (Fsp3) is 0.0435. The van der Waals surface area contributed by atoms with Crippen LogP contribution < -0.4 is 5.32 Å². The molecule has 0 aliphatic heterocycles. The summed E-state index contributed by atoms with van der Waals surface area (Å²) in [6.07, 6.45) is 1.83. The Bertz CT molecular complexity index is 1140. The number of aromatic amines is 1. The van der Waals surface area contributed by atoms with Gasteiger partial charge in [-0.3, -0.25) is 4.79 Å². The van der Waals surface area contributed by atoms with Gasteiger partial charge in [0.25, 0.3) is 5.91 Å². The zero-order valence-electron chi connectivity index (χ0n) is 15.2. The molecule has 0 aliphatic carbocycles. The Kier molecular flexibility index (Phi) is 4.96. The van der Waals surface area contributed by atoms with Gasteiger partial charge in [-0.15, -0.1) is 0 Å². The molecule has 0 spiro atoms. The van der Waals surface area contributed by atoms with E-state index >= 15 is 0 Å². The second kappa shape index (κ2) is 7.71. The van der Waals surface area contributed by atoms with Crippen molar-refractivity contribution in [1.82, 2.24) is 15.3 Å². The maximum absolute atomic E-state index is 12.8. The zero-order chi connectivity index (χ0) is 19.5. The lowest BCUT2D eigenvalue weighted by Gasteiger charge is -2.09. The number of aryl methyl sites for hydroxylation is 1. The molecule has 4 aromatic rings. The van der Waals surface area contributed by atoms with E-state index in [2.05, 4.69) is 15.3 Å². The molecule has 0 unspecified atom stereocenters. The highest BCUT2D eigenvalue weighted by Crippen LogP contribution is 2.22. The minimum absolute atomic E-state index is 0.209. The number of rotatable bonds is 4. The molecule has 0 atom stereocenters. The summed E-state index contributed by atoms with van der Waals surface area (Å²) in [5.74, 6) is 0.361. The number of carbonyl (C=O) groups is 1. The molecule has 4 rings (SSSR count). The van der Waals surface area contributed by atoms with Gasteiger partial charge in [0.2, 0.25) is 0 Å². The highest BCUT2D eigenvalue weighted by atomic mass is 35.5. The Labute approximate surface area is 167 Å². The van der Waals surface area contributed by atoms with Crippen LogP contribution in [0.5, 0.6) is 0 Å². The number of fused-ring (bicyclic) bond motifs is 1. The summed E-state index contributed by atoms with van der Waals surface area (Å²) in [6.45, 7) is 1.98. The lowest BCUT2D eigenvalue weighted by atomic mass is 10.1. The number of hydrogen-bond acceptors (Lipinski definition) is 2. The number of hydrogen-bond donors (Lipinski definition) is 2. The average Bonchev–Trinajstić information content (AvgIpc) is 3.14. The molecule has 0 fully saturated rings. The maximum atomic E-state index is 12.8.